The van der Waals surface area contributed by atoms with E-state index >= 15 is 0 Å². The van der Waals surface area contributed by atoms with Gasteiger partial charge in [0.1, 0.15) is 11.9 Å². The molecule has 2 amide bonds. The van der Waals surface area contributed by atoms with E-state index in [0.717, 1.165) is 29.8 Å². The van der Waals surface area contributed by atoms with Crippen LogP contribution < -0.4 is 9.64 Å². The number of carbonyl (C=O) groups excluding carboxylic acids is 2. The predicted molar refractivity (Wildman–Crippen MR) is 111 cm³/mol. The van der Waals surface area contributed by atoms with Crippen LogP contribution in [0.5, 0.6) is 5.75 Å². The Morgan fingerprint density at radius 2 is 1.93 bits per heavy atom. The molecule has 3 heterocycles. The highest BCUT2D eigenvalue weighted by atomic mass is 32.1. The number of nitrogens with zero attached hydrogens (tertiary/aromatic N) is 2. The highest BCUT2D eigenvalue weighted by Gasteiger charge is 2.38. The summed E-state index contributed by atoms with van der Waals surface area (Å²) >= 11 is 1.62. The molecule has 0 aliphatic carbocycles. The molecule has 148 valence electrons. The van der Waals surface area contributed by atoms with Crippen LogP contribution in [0, 0.1) is 19.8 Å². The molecule has 0 spiro atoms. The molecule has 2 aliphatic rings. The van der Waals surface area contributed by atoms with E-state index in [4.69, 9.17) is 4.74 Å². The Bertz CT molecular complexity index is 857. The van der Waals surface area contributed by atoms with Crippen LogP contribution in [0.3, 0.4) is 0 Å². The molecule has 0 N–H and O–H groups in total. The average Bonchev–Trinajstić information content (AvgIpc) is 3.34. The van der Waals surface area contributed by atoms with Gasteiger partial charge in [-0.3, -0.25) is 9.59 Å². The van der Waals surface area contributed by atoms with Gasteiger partial charge < -0.3 is 14.5 Å². The number of aryl methyl sites for hydroxylation is 2. The summed E-state index contributed by atoms with van der Waals surface area (Å²) in [6.07, 6.45) is 2.14. The molecule has 5 nitrogen and oxygen atoms in total. The van der Waals surface area contributed by atoms with Crippen molar-refractivity contribution in [3.63, 3.8) is 0 Å². The number of ether oxygens (including phenoxy) is 1. The van der Waals surface area contributed by atoms with Gasteiger partial charge in [0.05, 0.1) is 5.92 Å². The van der Waals surface area contributed by atoms with Gasteiger partial charge in [-0.25, -0.2) is 0 Å². The predicted octanol–water partition coefficient (Wildman–Crippen LogP) is 3.79. The number of piperidine rings is 1. The topological polar surface area (TPSA) is 49.9 Å². The molecule has 28 heavy (non-hydrogen) atoms. The first-order chi connectivity index (χ1) is 13.5. The maximum Gasteiger partial charge on any atom is 0.228 e. The van der Waals surface area contributed by atoms with Crippen molar-refractivity contribution in [2.24, 2.45) is 5.92 Å². The van der Waals surface area contributed by atoms with Crippen molar-refractivity contribution in [2.75, 3.05) is 24.5 Å². The lowest BCUT2D eigenvalue weighted by Gasteiger charge is -2.33. The summed E-state index contributed by atoms with van der Waals surface area (Å²) in [5.74, 6) is 0.814. The van der Waals surface area contributed by atoms with Gasteiger partial charge in [-0.05, 0) is 48.6 Å². The lowest BCUT2D eigenvalue weighted by atomic mass is 10.0. The molecule has 1 aromatic heterocycles. The Labute approximate surface area is 169 Å². The number of hydrogen-bond donors (Lipinski definition) is 0. The van der Waals surface area contributed by atoms with Gasteiger partial charge in [-0.2, -0.15) is 0 Å². The third kappa shape index (κ3) is 3.92. The average molecular weight is 399 g/mol. The van der Waals surface area contributed by atoms with Gasteiger partial charge in [-0.1, -0.05) is 6.07 Å². The Morgan fingerprint density at radius 1 is 1.14 bits per heavy atom. The van der Waals surface area contributed by atoms with Crippen molar-refractivity contribution in [3.8, 4) is 5.75 Å². The molecular formula is C22H26N2O3S. The van der Waals surface area contributed by atoms with Crippen LogP contribution in [-0.2, 0) is 9.59 Å². The first-order valence-corrected chi connectivity index (χ1v) is 10.8. The molecular weight excluding hydrogens is 372 g/mol. The zero-order valence-corrected chi connectivity index (χ0v) is 17.2. The van der Waals surface area contributed by atoms with E-state index in [2.05, 4.69) is 6.92 Å². The van der Waals surface area contributed by atoms with Crippen molar-refractivity contribution < 1.29 is 14.3 Å². The summed E-state index contributed by atoms with van der Waals surface area (Å²) in [7, 11) is 0. The normalized spacial score (nSPS) is 20.6. The Balaban J connectivity index is 1.34. The van der Waals surface area contributed by atoms with E-state index in [-0.39, 0.29) is 23.8 Å². The molecule has 2 aliphatic heterocycles. The maximum atomic E-state index is 13.0. The fraction of sp³-hybridized carbons (Fsp3) is 0.455. The fourth-order valence-corrected chi connectivity index (χ4v) is 4.54. The molecule has 0 unspecified atom stereocenters. The second-order valence-corrected chi connectivity index (χ2v) is 8.56. The van der Waals surface area contributed by atoms with Crippen LogP contribution in [0.25, 0.3) is 0 Å². The quantitative estimate of drug-likeness (QED) is 0.787. The van der Waals surface area contributed by atoms with Gasteiger partial charge in [0.2, 0.25) is 11.8 Å². The van der Waals surface area contributed by atoms with Crippen LogP contribution >= 0.6 is 11.3 Å². The van der Waals surface area contributed by atoms with E-state index in [1.165, 1.54) is 5.56 Å². The molecule has 2 aromatic rings. The van der Waals surface area contributed by atoms with Crippen molar-refractivity contribution in [3.05, 3.63) is 46.2 Å². The SMILES string of the molecule is Cc1ccc(N2C[C@@H](C(=O)N3CCC(Oc4ccsc4)CC3)CC2=O)cc1C. The standard InChI is InChI=1S/C22H26N2O3S/c1-15-3-4-18(11-16(15)2)24-13-17(12-21(24)25)22(26)23-8-5-19(6-9-23)27-20-7-10-28-14-20/h3-4,7,10-11,14,17,19H,5-6,8-9,12-13H2,1-2H3/t17-/m0/s1. The summed E-state index contributed by atoms with van der Waals surface area (Å²) < 4.78 is 5.97. The molecule has 0 saturated carbocycles. The zero-order chi connectivity index (χ0) is 19.7. The molecule has 0 radical (unpaired) electrons. The van der Waals surface area contributed by atoms with Crippen molar-refractivity contribution in [1.82, 2.24) is 4.90 Å². The molecule has 2 fully saturated rings. The van der Waals surface area contributed by atoms with Gasteiger partial charge in [-0.15, -0.1) is 11.3 Å². The minimum Gasteiger partial charge on any atom is -0.489 e. The smallest absolute Gasteiger partial charge is 0.228 e. The Hall–Kier alpha value is -2.34. The van der Waals surface area contributed by atoms with Crippen molar-refractivity contribution in [1.29, 1.82) is 0 Å². The van der Waals surface area contributed by atoms with Crippen molar-refractivity contribution >= 4 is 28.8 Å². The summed E-state index contributed by atoms with van der Waals surface area (Å²) in [6, 6.07) is 8.02. The number of carbonyl (C=O) groups is 2. The fourth-order valence-electron chi connectivity index (χ4n) is 3.98. The largest absolute Gasteiger partial charge is 0.489 e. The van der Waals surface area contributed by atoms with E-state index in [1.807, 2.05) is 46.8 Å². The highest BCUT2D eigenvalue weighted by molar-refractivity contribution is 7.08. The summed E-state index contributed by atoms with van der Waals surface area (Å²) in [5.41, 5.74) is 3.26. The summed E-state index contributed by atoms with van der Waals surface area (Å²) in [6.45, 7) is 5.97. The third-order valence-corrected chi connectivity index (χ3v) is 6.49. The van der Waals surface area contributed by atoms with Gasteiger partial charge in [0.25, 0.3) is 0 Å². The first-order valence-electron chi connectivity index (χ1n) is 9.86. The Kier molecular flexibility index (Phi) is 5.40. The van der Waals surface area contributed by atoms with Crippen LogP contribution in [0.4, 0.5) is 5.69 Å². The highest BCUT2D eigenvalue weighted by Crippen LogP contribution is 2.29. The van der Waals surface area contributed by atoms with E-state index in [9.17, 15) is 9.59 Å². The minimum atomic E-state index is -0.247. The van der Waals surface area contributed by atoms with Crippen molar-refractivity contribution in [2.45, 2.75) is 39.2 Å². The number of likely N-dealkylation sites (tertiary alicyclic amines) is 1. The number of anilines is 1. The molecule has 0 bridgehead atoms. The summed E-state index contributed by atoms with van der Waals surface area (Å²) in [4.78, 5) is 29.2. The minimum absolute atomic E-state index is 0.0391. The Morgan fingerprint density at radius 3 is 2.61 bits per heavy atom. The van der Waals surface area contributed by atoms with Crippen LogP contribution in [0.15, 0.2) is 35.0 Å². The van der Waals surface area contributed by atoms with Crippen LogP contribution in [0.1, 0.15) is 30.4 Å². The lowest BCUT2D eigenvalue weighted by molar-refractivity contribution is -0.137. The molecule has 1 atom stereocenters. The lowest BCUT2D eigenvalue weighted by Crippen LogP contribution is -2.44. The number of benzene rings is 1. The summed E-state index contributed by atoms with van der Waals surface area (Å²) in [5, 5.41) is 4.01. The molecule has 2 saturated heterocycles. The third-order valence-electron chi connectivity index (χ3n) is 5.83. The molecule has 1 aromatic carbocycles. The first kappa shape index (κ1) is 19.0. The zero-order valence-electron chi connectivity index (χ0n) is 16.4. The van der Waals surface area contributed by atoms with Crippen LogP contribution in [0.2, 0.25) is 0 Å². The van der Waals surface area contributed by atoms with Gasteiger partial charge in [0, 0.05) is 50.0 Å². The molecule has 4 rings (SSSR count). The second kappa shape index (κ2) is 7.95. The number of thiophene rings is 1. The second-order valence-electron chi connectivity index (χ2n) is 7.78. The number of rotatable bonds is 4. The molecule has 6 heteroatoms. The van der Waals surface area contributed by atoms with Crippen LogP contribution in [-0.4, -0.2) is 42.5 Å². The van der Waals surface area contributed by atoms with Gasteiger partial charge >= 0.3 is 0 Å². The van der Waals surface area contributed by atoms with E-state index in [0.29, 0.717) is 26.1 Å². The monoisotopic (exact) mass is 398 g/mol. The van der Waals surface area contributed by atoms with E-state index in [1.54, 1.807) is 16.2 Å². The maximum absolute atomic E-state index is 13.0. The number of hydrogen-bond acceptors (Lipinski definition) is 4. The van der Waals surface area contributed by atoms with Gasteiger partial charge in [0.15, 0.2) is 0 Å². The number of amides is 2. The van der Waals surface area contributed by atoms with E-state index < -0.39 is 0 Å².